The van der Waals surface area contributed by atoms with Crippen molar-refractivity contribution in [1.29, 1.82) is 0 Å². The molecule has 4 heteroatoms. The zero-order valence-electron chi connectivity index (χ0n) is 9.05. The highest BCUT2D eigenvalue weighted by Gasteiger charge is 2.11. The quantitative estimate of drug-likeness (QED) is 0.791. The van der Waals surface area contributed by atoms with Gasteiger partial charge < -0.3 is 0 Å². The Morgan fingerprint density at radius 1 is 1.44 bits per heavy atom. The minimum atomic E-state index is -0.177. The van der Waals surface area contributed by atoms with E-state index in [0.717, 1.165) is 21.6 Å². The Balaban J connectivity index is 2.53. The van der Waals surface area contributed by atoms with E-state index < -0.39 is 0 Å². The van der Waals surface area contributed by atoms with Gasteiger partial charge in [0.2, 0.25) is 0 Å². The van der Waals surface area contributed by atoms with Crippen LogP contribution in [0.4, 0.5) is 4.39 Å². The molecule has 0 saturated carbocycles. The van der Waals surface area contributed by atoms with Crippen molar-refractivity contribution in [3.8, 4) is 11.3 Å². The summed E-state index contributed by atoms with van der Waals surface area (Å²) in [6.45, 7) is 3.84. The van der Waals surface area contributed by atoms with Crippen molar-refractivity contribution >= 4 is 27.3 Å². The van der Waals surface area contributed by atoms with Crippen LogP contribution in [0, 0.1) is 12.7 Å². The number of aromatic nitrogens is 1. The molecule has 1 nitrogen and oxygen atoms in total. The maximum atomic E-state index is 13.5. The molecule has 16 heavy (non-hydrogen) atoms. The first-order chi connectivity index (χ1) is 7.61. The van der Waals surface area contributed by atoms with Crippen LogP contribution in [0.2, 0.25) is 0 Å². The number of aryl methyl sites for hydroxylation is 2. The van der Waals surface area contributed by atoms with Crippen LogP contribution in [-0.4, -0.2) is 4.98 Å². The molecule has 0 aliphatic rings. The van der Waals surface area contributed by atoms with Crippen molar-refractivity contribution in [1.82, 2.24) is 4.98 Å². The van der Waals surface area contributed by atoms with E-state index in [1.54, 1.807) is 30.4 Å². The summed E-state index contributed by atoms with van der Waals surface area (Å²) in [6.07, 6.45) is 0.911. The van der Waals surface area contributed by atoms with Crippen LogP contribution in [0.5, 0.6) is 0 Å². The molecule has 0 saturated heterocycles. The van der Waals surface area contributed by atoms with Gasteiger partial charge in [-0.25, -0.2) is 9.37 Å². The average molecular weight is 300 g/mol. The van der Waals surface area contributed by atoms with E-state index in [-0.39, 0.29) is 5.82 Å². The van der Waals surface area contributed by atoms with Crippen LogP contribution in [0.1, 0.15) is 17.4 Å². The molecule has 0 spiro atoms. The number of benzene rings is 1. The summed E-state index contributed by atoms with van der Waals surface area (Å²) in [5.41, 5.74) is 2.40. The first-order valence-corrected chi connectivity index (χ1v) is 6.64. The summed E-state index contributed by atoms with van der Waals surface area (Å²) in [6, 6.07) is 5.26. The van der Waals surface area contributed by atoms with Gasteiger partial charge in [0.1, 0.15) is 5.82 Å². The Morgan fingerprint density at radius 2 is 2.19 bits per heavy atom. The van der Waals surface area contributed by atoms with Crippen molar-refractivity contribution in [3.63, 3.8) is 0 Å². The van der Waals surface area contributed by atoms with Crippen LogP contribution >= 0.6 is 27.3 Å². The first-order valence-electron chi connectivity index (χ1n) is 5.03. The van der Waals surface area contributed by atoms with E-state index in [1.807, 2.05) is 6.07 Å². The minimum absolute atomic E-state index is 0.177. The lowest BCUT2D eigenvalue weighted by Crippen LogP contribution is -1.87. The molecule has 2 aromatic rings. The number of nitrogens with zero attached hydrogens (tertiary/aromatic N) is 1. The van der Waals surface area contributed by atoms with E-state index >= 15 is 0 Å². The molecule has 0 radical (unpaired) electrons. The largest absolute Gasteiger partial charge is 0.229 e. The monoisotopic (exact) mass is 299 g/mol. The van der Waals surface area contributed by atoms with Gasteiger partial charge in [-0.1, -0.05) is 19.1 Å². The van der Waals surface area contributed by atoms with Gasteiger partial charge in [0.15, 0.2) is 3.92 Å². The fraction of sp³-hybridized carbons (Fsp3) is 0.250. The molecule has 0 fully saturated rings. The lowest BCUT2D eigenvalue weighted by Gasteiger charge is -2.02. The SMILES string of the molecule is CCc1sc(Br)nc1-c1ccc(C)c(F)c1. The maximum Gasteiger partial charge on any atom is 0.160 e. The van der Waals surface area contributed by atoms with Gasteiger partial charge in [0, 0.05) is 10.4 Å². The molecule has 0 amide bonds. The van der Waals surface area contributed by atoms with Crippen LogP contribution in [0.25, 0.3) is 11.3 Å². The Hall–Kier alpha value is -0.740. The zero-order chi connectivity index (χ0) is 11.7. The second-order valence-corrected chi connectivity index (χ2v) is 5.92. The first kappa shape index (κ1) is 11.7. The van der Waals surface area contributed by atoms with Crippen molar-refractivity contribution in [3.05, 3.63) is 38.4 Å². The van der Waals surface area contributed by atoms with Crippen LogP contribution in [0.3, 0.4) is 0 Å². The van der Waals surface area contributed by atoms with Gasteiger partial charge in [-0.2, -0.15) is 0 Å². The summed E-state index contributed by atoms with van der Waals surface area (Å²) in [7, 11) is 0. The van der Waals surface area contributed by atoms with Gasteiger partial charge in [-0.05, 0) is 40.9 Å². The third kappa shape index (κ3) is 2.18. The third-order valence-electron chi connectivity index (χ3n) is 2.44. The average Bonchev–Trinajstić information content (AvgIpc) is 2.63. The van der Waals surface area contributed by atoms with E-state index in [4.69, 9.17) is 0 Å². The molecule has 0 atom stereocenters. The van der Waals surface area contributed by atoms with Crippen LogP contribution in [0.15, 0.2) is 22.1 Å². The molecule has 1 aromatic heterocycles. The van der Waals surface area contributed by atoms with Crippen molar-refractivity contribution in [2.45, 2.75) is 20.3 Å². The van der Waals surface area contributed by atoms with Crippen molar-refractivity contribution < 1.29 is 4.39 Å². The second kappa shape index (κ2) is 4.63. The summed E-state index contributed by atoms with van der Waals surface area (Å²) in [4.78, 5) is 5.57. The Kier molecular flexibility index (Phi) is 3.40. The Bertz CT molecular complexity index is 522. The molecule has 0 unspecified atom stereocenters. The summed E-state index contributed by atoms with van der Waals surface area (Å²) in [5.74, 6) is -0.177. The number of hydrogen-bond donors (Lipinski definition) is 0. The molecule has 0 aliphatic heterocycles. The summed E-state index contributed by atoms with van der Waals surface area (Å²) >= 11 is 4.97. The van der Waals surface area contributed by atoms with Crippen LogP contribution < -0.4 is 0 Å². The molecule has 0 N–H and O–H groups in total. The fourth-order valence-electron chi connectivity index (χ4n) is 1.53. The fourth-order valence-corrected chi connectivity index (χ4v) is 3.04. The predicted octanol–water partition coefficient (Wildman–Crippen LogP) is 4.58. The molecule has 0 aliphatic carbocycles. The molecular weight excluding hydrogens is 289 g/mol. The smallest absolute Gasteiger partial charge is 0.160 e. The molecule has 1 heterocycles. The maximum absolute atomic E-state index is 13.5. The molecule has 84 valence electrons. The minimum Gasteiger partial charge on any atom is -0.229 e. The molecule has 2 rings (SSSR count). The summed E-state index contributed by atoms with van der Waals surface area (Å²) in [5, 5.41) is 0. The molecule has 0 bridgehead atoms. The third-order valence-corrected chi connectivity index (χ3v) is 4.09. The van der Waals surface area contributed by atoms with Gasteiger partial charge in [0.25, 0.3) is 0 Å². The Morgan fingerprint density at radius 3 is 2.81 bits per heavy atom. The van der Waals surface area contributed by atoms with Crippen molar-refractivity contribution in [2.24, 2.45) is 0 Å². The zero-order valence-corrected chi connectivity index (χ0v) is 11.5. The molecule has 1 aromatic carbocycles. The highest BCUT2D eigenvalue weighted by molar-refractivity contribution is 9.11. The lowest BCUT2D eigenvalue weighted by atomic mass is 10.1. The number of rotatable bonds is 2. The van der Waals surface area contributed by atoms with E-state index in [2.05, 4.69) is 27.8 Å². The summed E-state index contributed by atoms with van der Waals surface area (Å²) < 4.78 is 14.3. The topological polar surface area (TPSA) is 12.9 Å². The highest BCUT2D eigenvalue weighted by atomic mass is 79.9. The predicted molar refractivity (Wildman–Crippen MR) is 69.3 cm³/mol. The number of halogens is 2. The Labute approximate surface area is 106 Å². The van der Waals surface area contributed by atoms with E-state index in [0.29, 0.717) is 5.56 Å². The standard InChI is InChI=1S/C12H11BrFNS/c1-3-10-11(15-12(13)16-10)8-5-4-7(2)9(14)6-8/h4-6H,3H2,1-2H3. The molecular formula is C12H11BrFNS. The normalized spacial score (nSPS) is 10.8. The van der Waals surface area contributed by atoms with Crippen LogP contribution in [-0.2, 0) is 6.42 Å². The van der Waals surface area contributed by atoms with Gasteiger partial charge in [0.05, 0.1) is 5.69 Å². The number of hydrogen-bond acceptors (Lipinski definition) is 2. The van der Waals surface area contributed by atoms with E-state index in [1.165, 1.54) is 4.88 Å². The van der Waals surface area contributed by atoms with Gasteiger partial charge >= 0.3 is 0 Å². The lowest BCUT2D eigenvalue weighted by molar-refractivity contribution is 0.619. The number of thiazole rings is 1. The van der Waals surface area contributed by atoms with Gasteiger partial charge in [-0.3, -0.25) is 0 Å². The van der Waals surface area contributed by atoms with Crippen molar-refractivity contribution in [2.75, 3.05) is 0 Å². The second-order valence-electron chi connectivity index (χ2n) is 3.56. The highest BCUT2D eigenvalue weighted by Crippen LogP contribution is 2.32. The van der Waals surface area contributed by atoms with E-state index in [9.17, 15) is 4.39 Å². The van der Waals surface area contributed by atoms with Gasteiger partial charge in [-0.15, -0.1) is 11.3 Å².